The summed E-state index contributed by atoms with van der Waals surface area (Å²) in [6, 6.07) is -0.568. The molecule has 1 aromatic rings. The second-order valence-electron chi connectivity index (χ2n) is 6.71. The van der Waals surface area contributed by atoms with Gasteiger partial charge in [-0.2, -0.15) is 5.10 Å². The number of nitrogens with one attached hydrogen (secondary N) is 3. The second kappa shape index (κ2) is 6.67. The normalized spacial score (nSPS) is 20.8. The van der Waals surface area contributed by atoms with Crippen molar-refractivity contribution < 1.29 is 9.59 Å². The van der Waals surface area contributed by atoms with E-state index in [1.54, 1.807) is 18.9 Å². The number of H-pyrrole nitrogens is 1. The minimum Gasteiger partial charge on any atom is -0.336 e. The van der Waals surface area contributed by atoms with Gasteiger partial charge in [0, 0.05) is 18.4 Å². The maximum atomic E-state index is 12.8. The fourth-order valence-corrected chi connectivity index (χ4v) is 3.57. The lowest BCUT2D eigenvalue weighted by molar-refractivity contribution is -0.126. The predicted octanol–water partition coefficient (Wildman–Crippen LogP) is 1.61. The fourth-order valence-electron chi connectivity index (χ4n) is 3.57. The van der Waals surface area contributed by atoms with E-state index >= 15 is 0 Å². The van der Waals surface area contributed by atoms with Crippen molar-refractivity contribution in [2.24, 2.45) is 0 Å². The molecule has 2 aliphatic rings. The molecule has 1 aromatic heterocycles. The maximum absolute atomic E-state index is 12.8. The Morgan fingerprint density at radius 2 is 2.04 bits per heavy atom. The third kappa shape index (κ3) is 3.16. The lowest BCUT2D eigenvalue weighted by atomic mass is 10.0. The van der Waals surface area contributed by atoms with Gasteiger partial charge in [-0.1, -0.05) is 6.42 Å². The van der Waals surface area contributed by atoms with Gasteiger partial charge in [-0.3, -0.25) is 9.89 Å². The van der Waals surface area contributed by atoms with E-state index in [1.807, 2.05) is 6.92 Å². The molecule has 0 aromatic carbocycles. The molecule has 0 saturated carbocycles. The third-order valence-electron chi connectivity index (χ3n) is 4.84. The molecule has 3 amide bonds. The lowest BCUT2D eigenvalue weighted by Gasteiger charge is -2.28. The van der Waals surface area contributed by atoms with Crippen molar-refractivity contribution in [2.45, 2.75) is 58.5 Å². The van der Waals surface area contributed by atoms with Gasteiger partial charge in [-0.15, -0.1) is 0 Å². The van der Waals surface area contributed by atoms with Crippen molar-refractivity contribution in [3.63, 3.8) is 0 Å². The maximum Gasteiger partial charge on any atom is 0.319 e. The SMILES string of the molecule is CC1=C(C(=O)N(C)Cc2n[nH]c3c2CCCCC3)[C@@H](C)NC(=O)N1. The summed E-state index contributed by atoms with van der Waals surface area (Å²) < 4.78 is 0. The first-order chi connectivity index (χ1) is 11.5. The average molecular weight is 331 g/mol. The smallest absolute Gasteiger partial charge is 0.319 e. The van der Waals surface area contributed by atoms with Crippen LogP contribution in [0.3, 0.4) is 0 Å². The number of fused-ring (bicyclic) bond motifs is 1. The zero-order valence-corrected chi connectivity index (χ0v) is 14.5. The Hall–Kier alpha value is -2.31. The summed E-state index contributed by atoms with van der Waals surface area (Å²) in [7, 11) is 1.78. The van der Waals surface area contributed by atoms with E-state index in [9.17, 15) is 9.59 Å². The van der Waals surface area contributed by atoms with E-state index in [1.165, 1.54) is 30.5 Å². The van der Waals surface area contributed by atoms with Gasteiger partial charge in [-0.05, 0) is 45.1 Å². The number of carbonyl (C=O) groups excluding carboxylic acids is 2. The Balaban J connectivity index is 1.77. The molecule has 0 fully saturated rings. The van der Waals surface area contributed by atoms with E-state index in [-0.39, 0.29) is 18.0 Å². The molecule has 1 aliphatic carbocycles. The number of carbonyl (C=O) groups is 2. The highest BCUT2D eigenvalue weighted by atomic mass is 16.2. The molecule has 130 valence electrons. The zero-order chi connectivity index (χ0) is 17.3. The Bertz CT molecular complexity index is 691. The van der Waals surface area contributed by atoms with Gasteiger partial charge in [0.15, 0.2) is 0 Å². The summed E-state index contributed by atoms with van der Waals surface area (Å²) in [6.45, 7) is 4.06. The molecule has 0 radical (unpaired) electrons. The van der Waals surface area contributed by atoms with E-state index in [0.29, 0.717) is 17.8 Å². The van der Waals surface area contributed by atoms with Crippen LogP contribution in [0.2, 0.25) is 0 Å². The quantitative estimate of drug-likeness (QED) is 0.735. The summed E-state index contributed by atoms with van der Waals surface area (Å²) in [4.78, 5) is 26.0. The van der Waals surface area contributed by atoms with Gasteiger partial charge in [-0.25, -0.2) is 4.79 Å². The van der Waals surface area contributed by atoms with Crippen LogP contribution in [0.4, 0.5) is 4.79 Å². The first-order valence-electron chi connectivity index (χ1n) is 8.56. The molecule has 1 atom stereocenters. The molecule has 0 unspecified atom stereocenters. The Labute approximate surface area is 141 Å². The van der Waals surface area contributed by atoms with E-state index in [4.69, 9.17) is 0 Å². The highest BCUT2D eigenvalue weighted by molar-refractivity contribution is 5.98. The number of likely N-dealkylation sites (N-methyl/N-ethyl adjacent to an activating group) is 1. The minimum atomic E-state index is -0.301. The minimum absolute atomic E-state index is 0.0853. The number of aromatic nitrogens is 2. The van der Waals surface area contributed by atoms with Crippen molar-refractivity contribution in [3.05, 3.63) is 28.2 Å². The monoisotopic (exact) mass is 331 g/mol. The van der Waals surface area contributed by atoms with Gasteiger partial charge in [0.05, 0.1) is 23.9 Å². The van der Waals surface area contributed by atoms with Crippen LogP contribution in [0, 0.1) is 0 Å². The van der Waals surface area contributed by atoms with Crippen LogP contribution >= 0.6 is 0 Å². The molecular weight excluding hydrogens is 306 g/mol. The molecule has 0 spiro atoms. The summed E-state index contributed by atoms with van der Waals surface area (Å²) in [5.41, 5.74) is 4.67. The summed E-state index contributed by atoms with van der Waals surface area (Å²) in [6.07, 6.45) is 5.68. The molecule has 1 aliphatic heterocycles. The predicted molar refractivity (Wildman–Crippen MR) is 90.2 cm³/mol. The summed E-state index contributed by atoms with van der Waals surface area (Å²) in [5.74, 6) is -0.0853. The number of amides is 3. The van der Waals surface area contributed by atoms with Crippen molar-refractivity contribution in [3.8, 4) is 0 Å². The highest BCUT2D eigenvalue weighted by Crippen LogP contribution is 2.23. The van der Waals surface area contributed by atoms with Crippen molar-refractivity contribution >= 4 is 11.9 Å². The van der Waals surface area contributed by atoms with Crippen LogP contribution in [0.1, 0.15) is 50.1 Å². The fraction of sp³-hybridized carbons (Fsp3) is 0.588. The molecule has 24 heavy (non-hydrogen) atoms. The van der Waals surface area contributed by atoms with Crippen LogP contribution in [-0.4, -0.2) is 40.1 Å². The first kappa shape index (κ1) is 16.5. The second-order valence-corrected chi connectivity index (χ2v) is 6.71. The third-order valence-corrected chi connectivity index (χ3v) is 4.84. The van der Waals surface area contributed by atoms with Crippen molar-refractivity contribution in [2.75, 3.05) is 7.05 Å². The van der Waals surface area contributed by atoms with Gasteiger partial charge >= 0.3 is 6.03 Å². The molecule has 3 N–H and O–H groups in total. The van der Waals surface area contributed by atoms with Crippen LogP contribution in [0.25, 0.3) is 0 Å². The van der Waals surface area contributed by atoms with Crippen LogP contribution in [-0.2, 0) is 24.2 Å². The number of hydrogen-bond acceptors (Lipinski definition) is 3. The average Bonchev–Trinajstić information content (AvgIpc) is 2.74. The molecule has 0 bridgehead atoms. The molecule has 7 nitrogen and oxygen atoms in total. The van der Waals surface area contributed by atoms with Gasteiger partial charge in [0.1, 0.15) is 0 Å². The molecule has 7 heteroatoms. The lowest BCUT2D eigenvalue weighted by Crippen LogP contribution is -2.50. The summed E-state index contributed by atoms with van der Waals surface area (Å²) in [5, 5.41) is 13.0. The molecule has 3 rings (SSSR count). The van der Waals surface area contributed by atoms with E-state index in [0.717, 1.165) is 18.5 Å². The van der Waals surface area contributed by atoms with Crippen molar-refractivity contribution in [1.29, 1.82) is 0 Å². The Morgan fingerprint density at radius 3 is 2.79 bits per heavy atom. The van der Waals surface area contributed by atoms with Gasteiger partial charge in [0.25, 0.3) is 5.91 Å². The van der Waals surface area contributed by atoms with Crippen molar-refractivity contribution in [1.82, 2.24) is 25.7 Å². The number of aromatic amines is 1. The first-order valence-corrected chi connectivity index (χ1v) is 8.56. The molecule has 0 saturated heterocycles. The van der Waals surface area contributed by atoms with Crippen LogP contribution in [0.5, 0.6) is 0 Å². The van der Waals surface area contributed by atoms with Gasteiger partial charge < -0.3 is 15.5 Å². The number of nitrogens with zero attached hydrogens (tertiary/aromatic N) is 2. The number of hydrogen-bond donors (Lipinski definition) is 3. The standard InChI is InChI=1S/C17H25N5O2/c1-10-15(11(2)19-17(24)18-10)16(23)22(3)9-14-12-7-5-4-6-8-13(12)20-21-14/h10H,4-9H2,1-3H3,(H,20,21)(H2,18,19,24)/t10-/m1/s1. The highest BCUT2D eigenvalue weighted by Gasteiger charge is 2.29. The van der Waals surface area contributed by atoms with Crippen LogP contribution in [0.15, 0.2) is 11.3 Å². The topological polar surface area (TPSA) is 90.1 Å². The largest absolute Gasteiger partial charge is 0.336 e. The number of allylic oxidation sites excluding steroid dienone is 1. The summed E-state index contributed by atoms with van der Waals surface area (Å²) >= 11 is 0. The molecular formula is C17H25N5O2. The van der Waals surface area contributed by atoms with E-state index < -0.39 is 0 Å². The Kier molecular flexibility index (Phi) is 4.59. The van der Waals surface area contributed by atoms with Crippen LogP contribution < -0.4 is 10.6 Å². The molecule has 2 heterocycles. The zero-order valence-electron chi connectivity index (χ0n) is 14.5. The van der Waals surface area contributed by atoms with Gasteiger partial charge in [0.2, 0.25) is 0 Å². The number of aryl methyl sites for hydroxylation is 1. The van der Waals surface area contributed by atoms with E-state index in [2.05, 4.69) is 20.8 Å². The number of rotatable bonds is 3. The Morgan fingerprint density at radius 1 is 1.29 bits per heavy atom. The number of urea groups is 1.